The molecule has 30 heavy (non-hydrogen) atoms. The van der Waals surface area contributed by atoms with Crippen LogP contribution in [0.3, 0.4) is 0 Å². The molecule has 2 aromatic rings. The van der Waals surface area contributed by atoms with Crippen molar-refractivity contribution in [1.82, 2.24) is 0 Å². The van der Waals surface area contributed by atoms with Crippen molar-refractivity contribution in [2.24, 2.45) is 0 Å². The number of Topliss-reactive ketones (excluding diaryl/α,β-unsaturated/α-hetero) is 1. The van der Waals surface area contributed by atoms with Gasteiger partial charge in [-0.15, -0.1) is 0 Å². The largest absolute Gasteiger partial charge is 0.482 e. The molecule has 0 spiro atoms. The van der Waals surface area contributed by atoms with E-state index in [1.165, 1.54) is 35.2 Å². The Bertz CT molecular complexity index is 1080. The Kier molecular flexibility index (Phi) is 4.82. The Morgan fingerprint density at radius 2 is 2.00 bits per heavy atom. The molecule has 0 aromatic heterocycles. The third kappa shape index (κ3) is 3.43. The van der Waals surface area contributed by atoms with Gasteiger partial charge in [-0.1, -0.05) is 6.92 Å². The zero-order valence-electron chi connectivity index (χ0n) is 15.9. The number of ether oxygens (including phenoxy) is 2. The van der Waals surface area contributed by atoms with E-state index in [4.69, 9.17) is 9.47 Å². The van der Waals surface area contributed by atoms with Crippen molar-refractivity contribution in [3.05, 3.63) is 52.1 Å². The maximum atomic E-state index is 12.9. The summed E-state index contributed by atoms with van der Waals surface area (Å²) in [5.41, 5.74) is 0.583. The molecule has 10 heteroatoms. The third-order valence-electron chi connectivity index (χ3n) is 4.86. The minimum atomic E-state index is -0.789. The van der Waals surface area contributed by atoms with Gasteiger partial charge in [0.15, 0.2) is 18.5 Å². The zero-order valence-corrected chi connectivity index (χ0v) is 15.9. The summed E-state index contributed by atoms with van der Waals surface area (Å²) in [5.74, 6) is -0.442. The molecule has 0 bridgehead atoms. The van der Waals surface area contributed by atoms with Gasteiger partial charge in [0.1, 0.15) is 11.5 Å². The summed E-state index contributed by atoms with van der Waals surface area (Å²) >= 11 is 0. The van der Waals surface area contributed by atoms with Crippen LogP contribution in [0.4, 0.5) is 17.1 Å². The van der Waals surface area contributed by atoms with E-state index >= 15 is 0 Å². The van der Waals surface area contributed by atoms with E-state index in [9.17, 15) is 24.5 Å². The van der Waals surface area contributed by atoms with Gasteiger partial charge < -0.3 is 14.8 Å². The SMILES string of the molecule is CCC1Oc2ccc([N+](=O)[O-])cc2N(CC(=O)c2ccc3c(c2)NC(=O)CO3)C1=O. The molecule has 0 fully saturated rings. The first-order valence-corrected chi connectivity index (χ1v) is 9.23. The molecule has 154 valence electrons. The maximum absolute atomic E-state index is 12.9. The van der Waals surface area contributed by atoms with Crippen LogP contribution < -0.4 is 19.7 Å². The van der Waals surface area contributed by atoms with Crippen molar-refractivity contribution in [2.75, 3.05) is 23.4 Å². The highest BCUT2D eigenvalue weighted by Gasteiger charge is 2.35. The minimum absolute atomic E-state index is 0.101. The Balaban J connectivity index is 1.66. The molecule has 2 aliphatic rings. The number of carbonyl (C=O) groups is 3. The third-order valence-corrected chi connectivity index (χ3v) is 4.86. The second-order valence-electron chi connectivity index (χ2n) is 6.82. The number of ketones is 1. The highest BCUT2D eigenvalue weighted by atomic mass is 16.6. The van der Waals surface area contributed by atoms with Crippen molar-refractivity contribution in [3.63, 3.8) is 0 Å². The number of carbonyl (C=O) groups excluding carboxylic acids is 3. The average Bonchev–Trinajstić information content (AvgIpc) is 2.74. The Morgan fingerprint density at radius 1 is 1.23 bits per heavy atom. The molecule has 2 aromatic carbocycles. The van der Waals surface area contributed by atoms with E-state index in [1.807, 2.05) is 0 Å². The first kappa shape index (κ1) is 19.4. The summed E-state index contributed by atoms with van der Waals surface area (Å²) in [6, 6.07) is 8.50. The minimum Gasteiger partial charge on any atom is -0.482 e. The molecule has 0 saturated heterocycles. The van der Waals surface area contributed by atoms with Crippen LogP contribution in [0.1, 0.15) is 23.7 Å². The van der Waals surface area contributed by atoms with Crippen LogP contribution in [0.5, 0.6) is 11.5 Å². The number of rotatable bonds is 5. The van der Waals surface area contributed by atoms with Crippen LogP contribution in [0.2, 0.25) is 0 Å². The van der Waals surface area contributed by atoms with Crippen LogP contribution in [-0.4, -0.2) is 41.8 Å². The molecule has 1 unspecified atom stereocenters. The van der Waals surface area contributed by atoms with Crippen molar-refractivity contribution in [1.29, 1.82) is 0 Å². The lowest BCUT2D eigenvalue weighted by molar-refractivity contribution is -0.384. The number of hydrogen-bond acceptors (Lipinski definition) is 7. The van der Waals surface area contributed by atoms with Crippen molar-refractivity contribution in [2.45, 2.75) is 19.4 Å². The predicted molar refractivity (Wildman–Crippen MR) is 105 cm³/mol. The molecule has 2 amide bonds. The number of nitrogens with zero attached hydrogens (tertiary/aromatic N) is 2. The number of nitro benzene ring substituents is 1. The monoisotopic (exact) mass is 411 g/mol. The molecule has 4 rings (SSSR count). The molecule has 1 atom stereocenters. The van der Waals surface area contributed by atoms with Gasteiger partial charge in [-0.05, 0) is 30.7 Å². The fourth-order valence-electron chi connectivity index (χ4n) is 3.34. The van der Waals surface area contributed by atoms with Gasteiger partial charge >= 0.3 is 0 Å². The number of anilines is 2. The van der Waals surface area contributed by atoms with Gasteiger partial charge in [-0.3, -0.25) is 29.4 Å². The molecule has 1 N–H and O–H groups in total. The quantitative estimate of drug-likeness (QED) is 0.454. The number of fused-ring (bicyclic) bond motifs is 2. The van der Waals surface area contributed by atoms with E-state index in [1.54, 1.807) is 13.0 Å². The van der Waals surface area contributed by atoms with E-state index in [0.29, 0.717) is 23.6 Å². The van der Waals surface area contributed by atoms with Gasteiger partial charge in [0.25, 0.3) is 17.5 Å². The number of nitrogens with one attached hydrogen (secondary N) is 1. The molecule has 10 nitrogen and oxygen atoms in total. The van der Waals surface area contributed by atoms with Gasteiger partial charge in [0.05, 0.1) is 22.8 Å². The van der Waals surface area contributed by atoms with Crippen molar-refractivity contribution >= 4 is 34.7 Å². The Morgan fingerprint density at radius 3 is 2.73 bits per heavy atom. The maximum Gasteiger partial charge on any atom is 0.271 e. The molecule has 0 radical (unpaired) electrons. The average molecular weight is 411 g/mol. The van der Waals surface area contributed by atoms with Crippen LogP contribution >= 0.6 is 0 Å². The first-order valence-electron chi connectivity index (χ1n) is 9.23. The lowest BCUT2D eigenvalue weighted by atomic mass is 10.1. The lowest BCUT2D eigenvalue weighted by Crippen LogP contribution is -2.47. The fourth-order valence-corrected chi connectivity index (χ4v) is 3.34. The molecule has 2 heterocycles. The summed E-state index contributed by atoms with van der Waals surface area (Å²) < 4.78 is 10.9. The van der Waals surface area contributed by atoms with Crippen molar-refractivity contribution < 1.29 is 28.8 Å². The van der Waals surface area contributed by atoms with Crippen LogP contribution in [-0.2, 0) is 9.59 Å². The van der Waals surface area contributed by atoms with E-state index in [0.717, 1.165) is 0 Å². The summed E-state index contributed by atoms with van der Waals surface area (Å²) in [5, 5.41) is 13.8. The van der Waals surface area contributed by atoms with E-state index in [-0.39, 0.29) is 36.0 Å². The van der Waals surface area contributed by atoms with E-state index in [2.05, 4.69) is 5.32 Å². The topological polar surface area (TPSA) is 128 Å². The Hall–Kier alpha value is -3.95. The summed E-state index contributed by atoms with van der Waals surface area (Å²) in [6.45, 7) is 1.34. The molecule has 0 aliphatic carbocycles. The van der Waals surface area contributed by atoms with Gasteiger partial charge in [0, 0.05) is 17.7 Å². The predicted octanol–water partition coefficient (Wildman–Crippen LogP) is 2.31. The summed E-state index contributed by atoms with van der Waals surface area (Å²) in [7, 11) is 0. The summed E-state index contributed by atoms with van der Waals surface area (Å²) in [6.07, 6.45) is -0.412. The second kappa shape index (κ2) is 7.47. The van der Waals surface area contributed by atoms with E-state index < -0.39 is 22.7 Å². The summed E-state index contributed by atoms with van der Waals surface area (Å²) in [4.78, 5) is 49.1. The molecule has 2 aliphatic heterocycles. The van der Waals surface area contributed by atoms with Gasteiger partial charge in [-0.2, -0.15) is 0 Å². The number of nitro groups is 1. The van der Waals surface area contributed by atoms with Crippen LogP contribution in [0.15, 0.2) is 36.4 Å². The second-order valence-corrected chi connectivity index (χ2v) is 6.82. The molecular formula is C20H17N3O7. The highest BCUT2D eigenvalue weighted by molar-refractivity contribution is 6.09. The number of amides is 2. The standard InChI is InChI=1S/C20H17N3O7/c1-2-16-20(26)22(14-8-12(23(27)28)4-6-18(14)30-16)9-15(24)11-3-5-17-13(7-11)21-19(25)10-29-17/h3-8,16H,2,9-10H2,1H3,(H,21,25). The van der Waals surface area contributed by atoms with Crippen molar-refractivity contribution in [3.8, 4) is 11.5 Å². The number of non-ortho nitro benzene ring substituents is 1. The van der Waals surface area contributed by atoms with Crippen LogP contribution in [0, 0.1) is 10.1 Å². The van der Waals surface area contributed by atoms with Gasteiger partial charge in [0.2, 0.25) is 0 Å². The normalized spacial score (nSPS) is 17.2. The fraction of sp³-hybridized carbons (Fsp3) is 0.250. The molecular weight excluding hydrogens is 394 g/mol. The Labute approximate surface area is 170 Å². The first-order chi connectivity index (χ1) is 14.4. The smallest absolute Gasteiger partial charge is 0.271 e. The lowest BCUT2D eigenvalue weighted by Gasteiger charge is -2.33. The van der Waals surface area contributed by atoms with Crippen LogP contribution in [0.25, 0.3) is 0 Å². The highest BCUT2D eigenvalue weighted by Crippen LogP contribution is 2.38. The van der Waals surface area contributed by atoms with Gasteiger partial charge in [-0.25, -0.2) is 0 Å². The molecule has 0 saturated carbocycles. The zero-order chi connectivity index (χ0) is 21.4. The number of hydrogen-bond donors (Lipinski definition) is 1. The number of benzene rings is 2.